The van der Waals surface area contributed by atoms with E-state index in [4.69, 9.17) is 11.6 Å². The van der Waals surface area contributed by atoms with E-state index in [1.165, 1.54) is 12.1 Å². The molecule has 0 spiro atoms. The van der Waals surface area contributed by atoms with E-state index in [0.29, 0.717) is 27.9 Å². The van der Waals surface area contributed by atoms with E-state index in [1.807, 2.05) is 0 Å². The van der Waals surface area contributed by atoms with Crippen molar-refractivity contribution in [2.24, 2.45) is 0 Å². The van der Waals surface area contributed by atoms with Crippen LogP contribution in [-0.2, 0) is 6.54 Å². The third kappa shape index (κ3) is 4.55. The number of amides is 1. The summed E-state index contributed by atoms with van der Waals surface area (Å²) in [6.45, 7) is 1.93. The summed E-state index contributed by atoms with van der Waals surface area (Å²) in [6.07, 6.45) is 0. The molecule has 1 heterocycles. The molecule has 0 saturated carbocycles. The highest BCUT2D eigenvalue weighted by Gasteiger charge is 2.11. The predicted octanol–water partition coefficient (Wildman–Crippen LogP) is 4.44. The lowest BCUT2D eigenvalue weighted by Crippen LogP contribution is -2.16. The molecule has 26 heavy (non-hydrogen) atoms. The zero-order valence-electron chi connectivity index (χ0n) is 14.0. The fourth-order valence-corrected chi connectivity index (χ4v) is 2.55. The number of aryl methyl sites for hydroxylation is 1. The Balaban J connectivity index is 1.74. The summed E-state index contributed by atoms with van der Waals surface area (Å²) in [5.41, 5.74) is 1.28. The van der Waals surface area contributed by atoms with Gasteiger partial charge in [0.05, 0.1) is 0 Å². The summed E-state index contributed by atoms with van der Waals surface area (Å²) >= 11 is 5.92. The molecule has 1 amide bonds. The van der Waals surface area contributed by atoms with Crippen molar-refractivity contribution in [1.82, 2.24) is 9.97 Å². The van der Waals surface area contributed by atoms with Gasteiger partial charge in [0.15, 0.2) is 0 Å². The Kier molecular flexibility index (Phi) is 5.43. The van der Waals surface area contributed by atoms with Crippen molar-refractivity contribution in [3.63, 3.8) is 0 Å². The Morgan fingerprint density at radius 1 is 1.12 bits per heavy atom. The molecule has 0 bridgehead atoms. The summed E-state index contributed by atoms with van der Waals surface area (Å²) in [5, 5.41) is 6.28. The van der Waals surface area contributed by atoms with Crippen molar-refractivity contribution in [2.45, 2.75) is 13.5 Å². The average molecular weight is 371 g/mol. The molecule has 2 aromatic carbocycles. The van der Waals surface area contributed by atoms with Crippen LogP contribution in [0.5, 0.6) is 0 Å². The van der Waals surface area contributed by atoms with Gasteiger partial charge in [-0.2, -0.15) is 0 Å². The van der Waals surface area contributed by atoms with Crippen molar-refractivity contribution in [3.8, 4) is 0 Å². The number of hydrogen-bond donors (Lipinski definition) is 2. The first-order valence-corrected chi connectivity index (χ1v) is 8.29. The number of benzene rings is 2. The third-order valence-corrected chi connectivity index (χ3v) is 3.81. The van der Waals surface area contributed by atoms with Crippen LogP contribution >= 0.6 is 11.6 Å². The average Bonchev–Trinajstić information content (AvgIpc) is 2.60. The number of aromatic nitrogens is 2. The Morgan fingerprint density at radius 3 is 2.69 bits per heavy atom. The smallest absolute Gasteiger partial charge is 0.274 e. The number of carbonyl (C=O) groups is 1. The number of halogens is 2. The maximum Gasteiger partial charge on any atom is 0.274 e. The van der Waals surface area contributed by atoms with Gasteiger partial charge in [-0.25, -0.2) is 14.4 Å². The van der Waals surface area contributed by atoms with E-state index in [0.717, 1.165) is 0 Å². The zero-order chi connectivity index (χ0) is 18.5. The predicted molar refractivity (Wildman–Crippen MR) is 99.9 cm³/mol. The second-order valence-electron chi connectivity index (χ2n) is 5.60. The lowest BCUT2D eigenvalue weighted by Gasteiger charge is -2.10. The second-order valence-corrected chi connectivity index (χ2v) is 6.03. The number of anilines is 2. The SMILES string of the molecule is Cc1nc(NCc2ccccc2F)cc(C(=O)Nc2cccc(Cl)c2)n1. The fraction of sp³-hybridized carbons (Fsp3) is 0.105. The highest BCUT2D eigenvalue weighted by Crippen LogP contribution is 2.17. The van der Waals surface area contributed by atoms with Gasteiger partial charge in [-0.3, -0.25) is 4.79 Å². The number of carbonyl (C=O) groups excluding carboxylic acids is 1. The first-order chi connectivity index (χ1) is 12.5. The summed E-state index contributed by atoms with van der Waals surface area (Å²) in [7, 11) is 0. The van der Waals surface area contributed by atoms with Gasteiger partial charge in [-0.05, 0) is 31.2 Å². The van der Waals surface area contributed by atoms with Gasteiger partial charge in [0.1, 0.15) is 23.2 Å². The van der Waals surface area contributed by atoms with Crippen molar-refractivity contribution in [3.05, 3.63) is 82.5 Å². The Hall–Kier alpha value is -2.99. The van der Waals surface area contributed by atoms with Crippen LogP contribution in [-0.4, -0.2) is 15.9 Å². The van der Waals surface area contributed by atoms with Crippen LogP contribution in [0.3, 0.4) is 0 Å². The molecule has 0 fully saturated rings. The van der Waals surface area contributed by atoms with Crippen molar-refractivity contribution in [1.29, 1.82) is 0 Å². The monoisotopic (exact) mass is 370 g/mol. The van der Waals surface area contributed by atoms with E-state index >= 15 is 0 Å². The molecular formula is C19H16ClFN4O. The molecule has 0 unspecified atom stereocenters. The molecule has 3 aromatic rings. The molecule has 132 valence electrons. The molecule has 0 aliphatic rings. The molecule has 0 radical (unpaired) electrons. The van der Waals surface area contributed by atoms with Crippen LogP contribution in [0, 0.1) is 12.7 Å². The molecule has 1 aromatic heterocycles. The largest absolute Gasteiger partial charge is 0.366 e. The van der Waals surface area contributed by atoms with Gasteiger partial charge < -0.3 is 10.6 Å². The maximum atomic E-state index is 13.7. The fourth-order valence-electron chi connectivity index (χ4n) is 2.36. The van der Waals surface area contributed by atoms with Crippen LogP contribution < -0.4 is 10.6 Å². The molecule has 5 nitrogen and oxygen atoms in total. The summed E-state index contributed by atoms with van der Waals surface area (Å²) < 4.78 is 13.7. The minimum absolute atomic E-state index is 0.202. The molecule has 7 heteroatoms. The van der Waals surface area contributed by atoms with E-state index in [1.54, 1.807) is 49.4 Å². The normalized spacial score (nSPS) is 10.4. The summed E-state index contributed by atoms with van der Waals surface area (Å²) in [5.74, 6) is 0.188. The van der Waals surface area contributed by atoms with Crippen molar-refractivity contribution >= 4 is 29.0 Å². The quantitative estimate of drug-likeness (QED) is 0.696. The van der Waals surface area contributed by atoms with E-state index in [9.17, 15) is 9.18 Å². The Morgan fingerprint density at radius 2 is 1.92 bits per heavy atom. The number of hydrogen-bond acceptors (Lipinski definition) is 4. The third-order valence-electron chi connectivity index (χ3n) is 3.57. The van der Waals surface area contributed by atoms with Gasteiger partial charge in [0.25, 0.3) is 5.91 Å². The molecule has 2 N–H and O–H groups in total. The standard InChI is InChI=1S/C19H16ClFN4O/c1-12-23-17(19(26)25-15-7-4-6-14(20)9-15)10-18(24-12)22-11-13-5-2-3-8-16(13)21/h2-10H,11H2,1H3,(H,25,26)(H,22,23,24). The lowest BCUT2D eigenvalue weighted by molar-refractivity contribution is 0.102. The maximum absolute atomic E-state index is 13.7. The first-order valence-electron chi connectivity index (χ1n) is 7.91. The van der Waals surface area contributed by atoms with E-state index in [2.05, 4.69) is 20.6 Å². The second kappa shape index (κ2) is 7.93. The molecule has 0 saturated heterocycles. The molecule has 0 aliphatic carbocycles. The van der Waals surface area contributed by atoms with Crippen molar-refractivity contribution < 1.29 is 9.18 Å². The van der Waals surface area contributed by atoms with Crippen LogP contribution in [0.1, 0.15) is 21.9 Å². The summed E-state index contributed by atoms with van der Waals surface area (Å²) in [6, 6.07) is 14.8. The minimum Gasteiger partial charge on any atom is -0.366 e. The number of nitrogens with one attached hydrogen (secondary N) is 2. The highest BCUT2D eigenvalue weighted by atomic mass is 35.5. The molecular weight excluding hydrogens is 355 g/mol. The van der Waals surface area contributed by atoms with Crippen LogP contribution in [0.4, 0.5) is 15.9 Å². The van der Waals surface area contributed by atoms with Crippen LogP contribution in [0.15, 0.2) is 54.6 Å². The zero-order valence-corrected chi connectivity index (χ0v) is 14.7. The van der Waals surface area contributed by atoms with Gasteiger partial charge in [-0.15, -0.1) is 0 Å². The summed E-state index contributed by atoms with van der Waals surface area (Å²) in [4.78, 5) is 20.8. The van der Waals surface area contributed by atoms with Crippen LogP contribution in [0.25, 0.3) is 0 Å². The molecule has 0 aliphatic heterocycles. The number of nitrogens with zero attached hydrogens (tertiary/aromatic N) is 2. The number of rotatable bonds is 5. The van der Waals surface area contributed by atoms with Crippen molar-refractivity contribution in [2.75, 3.05) is 10.6 Å². The molecule has 3 rings (SSSR count). The van der Waals surface area contributed by atoms with Crippen LogP contribution in [0.2, 0.25) is 5.02 Å². The van der Waals surface area contributed by atoms with Gasteiger partial charge in [0.2, 0.25) is 0 Å². The Labute approximate surface area is 155 Å². The van der Waals surface area contributed by atoms with Gasteiger partial charge >= 0.3 is 0 Å². The minimum atomic E-state index is -0.383. The Bertz CT molecular complexity index is 948. The van der Waals surface area contributed by atoms with Gasteiger partial charge in [-0.1, -0.05) is 35.9 Å². The first kappa shape index (κ1) is 17.8. The van der Waals surface area contributed by atoms with E-state index < -0.39 is 0 Å². The van der Waals surface area contributed by atoms with Gasteiger partial charge in [0, 0.05) is 28.9 Å². The molecule has 0 atom stereocenters. The van der Waals surface area contributed by atoms with E-state index in [-0.39, 0.29) is 24.0 Å². The lowest BCUT2D eigenvalue weighted by atomic mass is 10.2. The topological polar surface area (TPSA) is 66.9 Å². The highest BCUT2D eigenvalue weighted by molar-refractivity contribution is 6.30.